The summed E-state index contributed by atoms with van der Waals surface area (Å²) >= 11 is 0. The van der Waals surface area contributed by atoms with Gasteiger partial charge in [-0.05, 0) is 151 Å². The van der Waals surface area contributed by atoms with Gasteiger partial charge in [-0.25, -0.2) is 4.79 Å². The van der Waals surface area contributed by atoms with Crippen LogP contribution in [0.1, 0.15) is 144 Å². The van der Waals surface area contributed by atoms with Crippen LogP contribution >= 0.6 is 0 Å². The minimum Gasteiger partial charge on any atom is -0.482 e. The van der Waals surface area contributed by atoms with E-state index in [0.29, 0.717) is 64.3 Å². The number of carbonyl (C=O) groups excluding carboxylic acids is 1. The van der Waals surface area contributed by atoms with Crippen LogP contribution in [0.15, 0.2) is 18.2 Å². The predicted molar refractivity (Wildman–Crippen MR) is 187 cm³/mol. The molecule has 5 fully saturated rings. The van der Waals surface area contributed by atoms with Crippen LogP contribution in [0.5, 0.6) is 5.75 Å². The second kappa shape index (κ2) is 11.8. The van der Waals surface area contributed by atoms with Crippen molar-refractivity contribution in [1.29, 1.82) is 0 Å². The van der Waals surface area contributed by atoms with Crippen molar-refractivity contribution in [3.63, 3.8) is 0 Å². The summed E-state index contributed by atoms with van der Waals surface area (Å²) in [6.07, 6.45) is 12.0. The molecule has 0 spiro atoms. The minimum atomic E-state index is -0.227. The molecule has 10 atom stereocenters. The van der Waals surface area contributed by atoms with Crippen molar-refractivity contribution in [2.24, 2.45) is 62.6 Å². The van der Waals surface area contributed by atoms with Crippen molar-refractivity contribution in [2.75, 3.05) is 13.2 Å². The highest BCUT2D eigenvalue weighted by molar-refractivity contribution is 5.71. The third-order valence-corrected chi connectivity index (χ3v) is 16.1. The Labute approximate surface area is 281 Å². The lowest BCUT2D eigenvalue weighted by Gasteiger charge is -2.73. The number of hydrogen-bond acceptors (Lipinski definition) is 4. The zero-order chi connectivity index (χ0) is 33.4. The van der Waals surface area contributed by atoms with E-state index in [-0.39, 0.29) is 29.5 Å². The summed E-state index contributed by atoms with van der Waals surface area (Å²) in [4.78, 5) is 13.3. The summed E-state index contributed by atoms with van der Waals surface area (Å²) in [5.74, 6) is 4.84. The van der Waals surface area contributed by atoms with E-state index in [1.807, 2.05) is 6.07 Å². The van der Waals surface area contributed by atoms with E-state index in [4.69, 9.17) is 9.47 Å². The third-order valence-electron chi connectivity index (χ3n) is 16.1. The van der Waals surface area contributed by atoms with Crippen LogP contribution in [-0.4, -0.2) is 30.4 Å². The minimum absolute atomic E-state index is 0.00865. The Hall–Kier alpha value is -1.55. The first-order valence-electron chi connectivity index (χ1n) is 19.1. The molecule has 0 bridgehead atoms. The van der Waals surface area contributed by atoms with Crippen molar-refractivity contribution < 1.29 is 19.4 Å². The molecule has 258 valence electrons. The normalized spacial score (nSPS) is 43.0. The zero-order valence-electron chi connectivity index (χ0n) is 31.0. The SMILES string of the molecule is Cc1ccc(C(C)C)c(OCC(=O)OCC23CC[C@@H](C(C)C)C2C2CCC4C5(C)CC[C@H](O)C(C)(C)C5CCC4(C)[C@]2(C)CC3)c1. The molecule has 0 amide bonds. The average molecular weight is 635 g/mol. The maximum absolute atomic E-state index is 13.3. The van der Waals surface area contributed by atoms with Gasteiger partial charge in [0, 0.05) is 5.41 Å². The highest BCUT2D eigenvalue weighted by Gasteiger charge is 2.71. The molecule has 5 aliphatic rings. The van der Waals surface area contributed by atoms with Gasteiger partial charge in [-0.2, -0.15) is 0 Å². The Balaban J connectivity index is 1.22. The van der Waals surface area contributed by atoms with E-state index in [2.05, 4.69) is 81.4 Å². The van der Waals surface area contributed by atoms with Gasteiger partial charge in [0.1, 0.15) is 5.75 Å². The second-order valence-corrected chi connectivity index (χ2v) is 19.0. The maximum atomic E-state index is 13.3. The van der Waals surface area contributed by atoms with Gasteiger partial charge in [0.25, 0.3) is 0 Å². The Bertz CT molecular complexity index is 1300. The summed E-state index contributed by atoms with van der Waals surface area (Å²) < 4.78 is 12.4. The maximum Gasteiger partial charge on any atom is 0.344 e. The smallest absolute Gasteiger partial charge is 0.344 e. The lowest BCUT2D eigenvalue weighted by molar-refractivity contribution is -0.251. The molecule has 0 radical (unpaired) electrons. The van der Waals surface area contributed by atoms with Gasteiger partial charge < -0.3 is 14.6 Å². The van der Waals surface area contributed by atoms with Crippen LogP contribution in [0.25, 0.3) is 0 Å². The van der Waals surface area contributed by atoms with Crippen LogP contribution < -0.4 is 4.74 Å². The lowest BCUT2D eigenvalue weighted by atomic mass is 9.32. The van der Waals surface area contributed by atoms with E-state index in [9.17, 15) is 9.90 Å². The molecule has 0 saturated heterocycles. The van der Waals surface area contributed by atoms with Crippen LogP contribution in [0.3, 0.4) is 0 Å². The molecule has 0 aromatic heterocycles. The number of ether oxygens (including phenoxy) is 2. The molecule has 1 aromatic carbocycles. The van der Waals surface area contributed by atoms with Crippen molar-refractivity contribution in [3.05, 3.63) is 29.3 Å². The molecule has 46 heavy (non-hydrogen) atoms. The van der Waals surface area contributed by atoms with Crippen molar-refractivity contribution >= 4 is 5.97 Å². The predicted octanol–water partition coefficient (Wildman–Crippen LogP) is 10.1. The zero-order valence-corrected chi connectivity index (χ0v) is 31.0. The molecular formula is C42H66O4. The van der Waals surface area contributed by atoms with Crippen LogP contribution in [0, 0.1) is 69.5 Å². The van der Waals surface area contributed by atoms with Crippen LogP contribution in [0.4, 0.5) is 0 Å². The fraction of sp³-hybridized carbons (Fsp3) is 0.833. The monoisotopic (exact) mass is 634 g/mol. The number of hydrogen-bond donors (Lipinski definition) is 1. The summed E-state index contributed by atoms with van der Waals surface area (Å²) in [6.45, 7) is 24.5. The number of rotatable bonds is 7. The van der Waals surface area contributed by atoms with Crippen molar-refractivity contribution in [2.45, 2.75) is 145 Å². The molecule has 4 heteroatoms. The molecule has 4 nitrogen and oxygen atoms in total. The number of aryl methyl sites for hydroxylation is 1. The molecule has 1 N–H and O–H groups in total. The molecular weight excluding hydrogens is 568 g/mol. The van der Waals surface area contributed by atoms with Crippen molar-refractivity contribution in [1.82, 2.24) is 0 Å². The molecule has 0 heterocycles. The number of fused-ring (bicyclic) bond motifs is 7. The summed E-state index contributed by atoms with van der Waals surface area (Å²) in [7, 11) is 0. The molecule has 5 aliphatic carbocycles. The Morgan fingerprint density at radius 3 is 2.30 bits per heavy atom. The molecule has 5 saturated carbocycles. The molecule has 7 unspecified atom stereocenters. The third kappa shape index (κ3) is 5.11. The fourth-order valence-electron chi connectivity index (χ4n) is 13.4. The summed E-state index contributed by atoms with van der Waals surface area (Å²) in [6, 6.07) is 6.28. The van der Waals surface area contributed by atoms with Gasteiger partial charge in [-0.1, -0.05) is 74.4 Å². The second-order valence-electron chi connectivity index (χ2n) is 19.0. The molecule has 1 aromatic rings. The van der Waals surface area contributed by atoms with Gasteiger partial charge in [-0.3, -0.25) is 0 Å². The first-order valence-corrected chi connectivity index (χ1v) is 19.1. The van der Waals surface area contributed by atoms with Crippen LogP contribution in [0.2, 0.25) is 0 Å². The number of aliphatic hydroxyl groups excluding tert-OH is 1. The molecule has 6 rings (SSSR count). The standard InChI is InChI=1S/C42H66O4/c1-26(2)29-12-11-28(5)23-32(29)45-24-36(44)46-25-42-20-15-30(27(3)4)37(42)31-13-14-34-39(8)18-17-35(43)38(6,7)33(39)16-19-41(34,10)40(31,9)21-22-42/h11-12,23,26-27,30-31,33-35,37,43H,13-22,24-25H2,1-10H3/t30-,31?,33?,34?,35-,37?,39?,40+,41?,42?/m0/s1. The Morgan fingerprint density at radius 1 is 0.870 bits per heavy atom. The van der Waals surface area contributed by atoms with Gasteiger partial charge >= 0.3 is 5.97 Å². The highest BCUT2D eigenvalue weighted by Crippen LogP contribution is 2.77. The van der Waals surface area contributed by atoms with E-state index >= 15 is 0 Å². The Morgan fingerprint density at radius 2 is 1.61 bits per heavy atom. The van der Waals surface area contributed by atoms with Crippen molar-refractivity contribution in [3.8, 4) is 5.75 Å². The number of benzene rings is 1. The van der Waals surface area contributed by atoms with E-state index in [1.165, 1.54) is 57.8 Å². The van der Waals surface area contributed by atoms with Crippen LogP contribution in [-0.2, 0) is 9.53 Å². The number of aliphatic hydroxyl groups is 1. The Kier molecular flexibility index (Phi) is 8.80. The number of carbonyl (C=O) groups is 1. The average Bonchev–Trinajstić information content (AvgIpc) is 3.38. The highest BCUT2D eigenvalue weighted by atomic mass is 16.6. The first kappa shape index (κ1) is 34.3. The van der Waals surface area contributed by atoms with Gasteiger partial charge in [0.2, 0.25) is 0 Å². The first-order chi connectivity index (χ1) is 21.5. The fourth-order valence-corrected chi connectivity index (χ4v) is 13.4. The quantitative estimate of drug-likeness (QED) is 0.303. The lowest BCUT2D eigenvalue weighted by Crippen LogP contribution is -2.67. The largest absolute Gasteiger partial charge is 0.482 e. The topological polar surface area (TPSA) is 55.8 Å². The van der Waals surface area contributed by atoms with E-state index < -0.39 is 0 Å². The molecule has 0 aliphatic heterocycles. The summed E-state index contributed by atoms with van der Waals surface area (Å²) in [5, 5.41) is 11.1. The van der Waals surface area contributed by atoms with E-state index in [1.54, 1.807) is 0 Å². The summed E-state index contributed by atoms with van der Waals surface area (Å²) in [5.41, 5.74) is 3.26. The van der Waals surface area contributed by atoms with Gasteiger partial charge in [0.15, 0.2) is 6.61 Å². The van der Waals surface area contributed by atoms with Gasteiger partial charge in [0.05, 0.1) is 12.7 Å². The van der Waals surface area contributed by atoms with E-state index in [0.717, 1.165) is 23.3 Å². The number of esters is 1. The van der Waals surface area contributed by atoms with Gasteiger partial charge in [-0.15, -0.1) is 0 Å².